The first-order valence-electron chi connectivity index (χ1n) is 9.82. The second-order valence-electron chi connectivity index (χ2n) is 7.92. The van der Waals surface area contributed by atoms with E-state index in [1.165, 1.54) is 5.56 Å². The molecule has 1 unspecified atom stereocenters. The van der Waals surface area contributed by atoms with E-state index in [-0.39, 0.29) is 17.4 Å². The quantitative estimate of drug-likeness (QED) is 0.456. The third-order valence-corrected chi connectivity index (χ3v) is 4.76. The molecule has 0 aromatic heterocycles. The number of amides is 1. The topological polar surface area (TPSA) is 66.0 Å². The average molecular weight is 375 g/mol. The fraction of sp³-hybridized carbons (Fsp3) is 0.619. The van der Waals surface area contributed by atoms with Crippen LogP contribution in [0.2, 0.25) is 0 Å². The van der Waals surface area contributed by atoms with Crippen LogP contribution in [0.4, 0.5) is 0 Å². The molecule has 1 amide bonds. The van der Waals surface area contributed by atoms with Gasteiger partial charge in [0.05, 0.1) is 6.54 Å². The van der Waals surface area contributed by atoms with Gasteiger partial charge < -0.3 is 20.3 Å². The molecule has 0 spiro atoms. The zero-order valence-electron chi connectivity index (χ0n) is 17.3. The van der Waals surface area contributed by atoms with Crippen LogP contribution in [0.25, 0.3) is 0 Å². The minimum Gasteiger partial charge on any atom is -0.491 e. The second kappa shape index (κ2) is 9.62. The number of carbonyl (C=O) groups is 1. The number of para-hydroxylation sites is 1. The first kappa shape index (κ1) is 21.1. The van der Waals surface area contributed by atoms with Crippen molar-refractivity contribution >= 4 is 11.9 Å². The van der Waals surface area contributed by atoms with Gasteiger partial charge >= 0.3 is 0 Å². The Kier molecular flexibility index (Phi) is 7.51. The maximum Gasteiger partial charge on any atom is 0.222 e. The summed E-state index contributed by atoms with van der Waals surface area (Å²) in [6.07, 6.45) is 1.51. The zero-order valence-corrected chi connectivity index (χ0v) is 17.3. The highest BCUT2D eigenvalue weighted by Crippen LogP contribution is 2.30. The number of hydrogen-bond acceptors (Lipinski definition) is 3. The summed E-state index contributed by atoms with van der Waals surface area (Å²) in [6.45, 7) is 11.2. The van der Waals surface area contributed by atoms with Crippen LogP contribution in [-0.4, -0.2) is 56.1 Å². The molecule has 1 saturated heterocycles. The summed E-state index contributed by atoms with van der Waals surface area (Å²) >= 11 is 0. The van der Waals surface area contributed by atoms with E-state index in [4.69, 9.17) is 4.74 Å². The number of carbonyl (C=O) groups excluding carboxylic acids is 1. The van der Waals surface area contributed by atoms with Gasteiger partial charge in [0.1, 0.15) is 12.4 Å². The first-order chi connectivity index (χ1) is 12.8. The number of benzene rings is 1. The summed E-state index contributed by atoms with van der Waals surface area (Å²) in [5.41, 5.74) is 1.26. The molecular formula is C21H34N4O2. The maximum atomic E-state index is 11.8. The van der Waals surface area contributed by atoms with Crippen molar-refractivity contribution in [2.45, 2.75) is 52.0 Å². The minimum absolute atomic E-state index is 0.0475. The minimum atomic E-state index is 0.0475. The Morgan fingerprint density at radius 1 is 1.33 bits per heavy atom. The number of ether oxygens (including phenoxy) is 1. The predicted molar refractivity (Wildman–Crippen MR) is 110 cm³/mol. The molecule has 6 nitrogen and oxygen atoms in total. The predicted octanol–water partition coefficient (Wildman–Crippen LogP) is 2.54. The molecule has 150 valence electrons. The van der Waals surface area contributed by atoms with Crippen LogP contribution in [0.1, 0.15) is 46.1 Å². The van der Waals surface area contributed by atoms with E-state index in [0.29, 0.717) is 19.6 Å². The van der Waals surface area contributed by atoms with Crippen LogP contribution in [0.3, 0.4) is 0 Å². The Hall–Kier alpha value is -2.24. The smallest absolute Gasteiger partial charge is 0.222 e. The van der Waals surface area contributed by atoms with Gasteiger partial charge in [-0.15, -0.1) is 0 Å². The zero-order chi connectivity index (χ0) is 19.9. The number of aliphatic imine (C=N–C) groups is 1. The van der Waals surface area contributed by atoms with Gasteiger partial charge in [0.15, 0.2) is 5.96 Å². The Bertz CT molecular complexity index is 652. The largest absolute Gasteiger partial charge is 0.491 e. The lowest BCUT2D eigenvalue weighted by molar-refractivity contribution is -0.129. The summed E-state index contributed by atoms with van der Waals surface area (Å²) in [6, 6.07) is 8.43. The Balaban J connectivity index is 1.77. The Morgan fingerprint density at radius 2 is 2.07 bits per heavy atom. The van der Waals surface area contributed by atoms with Crippen LogP contribution in [0.15, 0.2) is 29.3 Å². The van der Waals surface area contributed by atoms with Gasteiger partial charge in [-0.05, 0) is 23.5 Å². The molecule has 1 heterocycles. The number of likely N-dealkylation sites (tertiary alicyclic amines) is 1. The van der Waals surface area contributed by atoms with Crippen molar-refractivity contribution in [3.05, 3.63) is 29.8 Å². The molecule has 1 aromatic rings. The number of nitrogens with one attached hydrogen (secondary N) is 2. The van der Waals surface area contributed by atoms with Gasteiger partial charge in [0.25, 0.3) is 0 Å². The summed E-state index contributed by atoms with van der Waals surface area (Å²) in [4.78, 5) is 18.0. The SMILES string of the molecule is CCC(=O)N1CCC(NC(=NC)NCCOc2ccccc2C(C)(C)C)C1. The summed E-state index contributed by atoms with van der Waals surface area (Å²) in [5, 5.41) is 6.69. The molecule has 1 fully saturated rings. The lowest BCUT2D eigenvalue weighted by atomic mass is 9.86. The molecular weight excluding hydrogens is 340 g/mol. The van der Waals surface area contributed by atoms with E-state index in [9.17, 15) is 4.79 Å². The molecule has 1 aromatic carbocycles. The second-order valence-corrected chi connectivity index (χ2v) is 7.92. The number of hydrogen-bond donors (Lipinski definition) is 2. The van der Waals surface area contributed by atoms with Crippen molar-refractivity contribution in [1.29, 1.82) is 0 Å². The van der Waals surface area contributed by atoms with E-state index < -0.39 is 0 Å². The van der Waals surface area contributed by atoms with Gasteiger partial charge in [0, 0.05) is 32.6 Å². The standard InChI is InChI=1S/C21H34N4O2/c1-6-19(26)25-13-11-16(15-25)24-20(22-5)23-12-14-27-18-10-8-7-9-17(18)21(2,3)4/h7-10,16H,6,11-15H2,1-5H3,(H2,22,23,24). The molecule has 0 aliphatic carbocycles. The maximum absolute atomic E-state index is 11.8. The van der Waals surface area contributed by atoms with Crippen molar-refractivity contribution in [1.82, 2.24) is 15.5 Å². The van der Waals surface area contributed by atoms with Crippen molar-refractivity contribution in [2.75, 3.05) is 33.3 Å². The molecule has 0 bridgehead atoms. The van der Waals surface area contributed by atoms with Gasteiger partial charge in [-0.3, -0.25) is 9.79 Å². The lowest BCUT2D eigenvalue weighted by Gasteiger charge is -2.23. The molecule has 1 aliphatic heterocycles. The summed E-state index contributed by atoms with van der Waals surface area (Å²) in [7, 11) is 1.76. The molecule has 0 saturated carbocycles. The fourth-order valence-electron chi connectivity index (χ4n) is 3.26. The van der Waals surface area contributed by atoms with Gasteiger partial charge in [-0.25, -0.2) is 0 Å². The third-order valence-electron chi connectivity index (χ3n) is 4.76. The normalized spacial score (nSPS) is 17.7. The highest BCUT2D eigenvalue weighted by molar-refractivity contribution is 5.80. The Morgan fingerprint density at radius 3 is 2.74 bits per heavy atom. The lowest BCUT2D eigenvalue weighted by Crippen LogP contribution is -2.46. The molecule has 6 heteroatoms. The fourth-order valence-corrected chi connectivity index (χ4v) is 3.26. The van der Waals surface area contributed by atoms with E-state index in [2.05, 4.69) is 42.5 Å². The number of nitrogens with zero attached hydrogens (tertiary/aromatic N) is 2. The van der Waals surface area contributed by atoms with E-state index in [1.807, 2.05) is 30.0 Å². The highest BCUT2D eigenvalue weighted by atomic mass is 16.5. The van der Waals surface area contributed by atoms with Gasteiger partial charge in [-0.2, -0.15) is 0 Å². The molecule has 2 N–H and O–H groups in total. The van der Waals surface area contributed by atoms with Crippen molar-refractivity contribution in [2.24, 2.45) is 4.99 Å². The highest BCUT2D eigenvalue weighted by Gasteiger charge is 2.25. The average Bonchev–Trinajstić information content (AvgIpc) is 3.11. The third kappa shape index (κ3) is 6.15. The van der Waals surface area contributed by atoms with Crippen molar-refractivity contribution in [3.63, 3.8) is 0 Å². The van der Waals surface area contributed by atoms with E-state index in [0.717, 1.165) is 31.2 Å². The van der Waals surface area contributed by atoms with Crippen LogP contribution < -0.4 is 15.4 Å². The number of guanidine groups is 1. The summed E-state index contributed by atoms with van der Waals surface area (Å²) < 4.78 is 5.99. The molecule has 1 atom stereocenters. The van der Waals surface area contributed by atoms with Crippen molar-refractivity contribution in [3.8, 4) is 5.75 Å². The van der Waals surface area contributed by atoms with E-state index >= 15 is 0 Å². The summed E-state index contributed by atoms with van der Waals surface area (Å²) in [5.74, 6) is 1.89. The molecule has 1 aliphatic rings. The van der Waals surface area contributed by atoms with Crippen LogP contribution >= 0.6 is 0 Å². The van der Waals surface area contributed by atoms with Crippen LogP contribution in [-0.2, 0) is 10.2 Å². The van der Waals surface area contributed by atoms with E-state index in [1.54, 1.807) is 7.05 Å². The van der Waals surface area contributed by atoms with Gasteiger partial charge in [0.2, 0.25) is 5.91 Å². The van der Waals surface area contributed by atoms with Crippen LogP contribution in [0.5, 0.6) is 5.75 Å². The van der Waals surface area contributed by atoms with Gasteiger partial charge in [-0.1, -0.05) is 45.9 Å². The Labute approximate surface area is 163 Å². The van der Waals surface area contributed by atoms with Crippen molar-refractivity contribution < 1.29 is 9.53 Å². The monoisotopic (exact) mass is 374 g/mol. The van der Waals surface area contributed by atoms with Crippen LogP contribution in [0, 0.1) is 0 Å². The molecule has 27 heavy (non-hydrogen) atoms. The first-order valence-corrected chi connectivity index (χ1v) is 9.82. The molecule has 2 rings (SSSR count). The molecule has 0 radical (unpaired) electrons. The number of rotatable bonds is 6.